The predicted octanol–water partition coefficient (Wildman–Crippen LogP) is 4.00. The Hall–Kier alpha value is -5.58. The fourth-order valence-electron chi connectivity index (χ4n) is 5.62. The lowest BCUT2D eigenvalue weighted by molar-refractivity contribution is -0.138. The lowest BCUT2D eigenvalue weighted by Gasteiger charge is -2.35. The molecule has 2 aliphatic rings. The molecular weight excluding hydrogens is 603 g/mol. The fourth-order valence-corrected chi connectivity index (χ4v) is 5.62. The fraction of sp³-hybridized carbons (Fsp3) is 0.281. The standard InChI is InChI=1S/C32H28F3N7O4/c33-32(34,35)29-25(18-38-39-30(29)43)42-19-22-4-3-7-27(24(22)20-42)46-15-14-45-26-6-2-1-5-23(26)31(44)41-12-10-40(11-13-41)28-9-8-21(16-36)17-37-28/h1-9,17-18H,10-15,19-20H2,(H,39,43). The Kier molecular flexibility index (Phi) is 8.47. The van der Waals surface area contributed by atoms with Crippen LogP contribution in [0.15, 0.2) is 71.8 Å². The maximum atomic E-state index is 13.7. The summed E-state index contributed by atoms with van der Waals surface area (Å²) < 4.78 is 52.9. The number of rotatable bonds is 8. The molecule has 0 unspecified atom stereocenters. The van der Waals surface area contributed by atoms with Crippen molar-refractivity contribution in [3.05, 3.63) is 105 Å². The number of para-hydroxylation sites is 1. The number of hydrogen-bond acceptors (Lipinski definition) is 9. The number of hydrogen-bond donors (Lipinski definition) is 1. The van der Waals surface area contributed by atoms with E-state index in [4.69, 9.17) is 14.7 Å². The number of nitrogens with one attached hydrogen (secondary N) is 1. The first-order chi connectivity index (χ1) is 22.2. The summed E-state index contributed by atoms with van der Waals surface area (Å²) >= 11 is 0. The minimum Gasteiger partial charge on any atom is -0.490 e. The van der Waals surface area contributed by atoms with Gasteiger partial charge in [0.1, 0.15) is 42.2 Å². The molecule has 6 rings (SSSR count). The number of aromatic amines is 1. The molecule has 14 heteroatoms. The van der Waals surface area contributed by atoms with Gasteiger partial charge in [-0.25, -0.2) is 10.1 Å². The Morgan fingerprint density at radius 1 is 0.913 bits per heavy atom. The van der Waals surface area contributed by atoms with Gasteiger partial charge in [-0.05, 0) is 35.9 Å². The van der Waals surface area contributed by atoms with E-state index in [1.165, 1.54) is 11.1 Å². The molecule has 236 valence electrons. The Labute approximate surface area is 261 Å². The Morgan fingerprint density at radius 3 is 2.37 bits per heavy atom. The van der Waals surface area contributed by atoms with Gasteiger partial charge in [0.2, 0.25) is 0 Å². The third-order valence-corrected chi connectivity index (χ3v) is 7.88. The molecule has 4 aromatic rings. The number of benzene rings is 2. The lowest BCUT2D eigenvalue weighted by Crippen LogP contribution is -2.49. The maximum Gasteiger partial charge on any atom is 0.423 e. The molecule has 2 aromatic carbocycles. The molecule has 1 saturated heterocycles. The number of fused-ring (bicyclic) bond motifs is 1. The number of aromatic nitrogens is 3. The normalized spacial score (nSPS) is 14.5. The van der Waals surface area contributed by atoms with Crippen molar-refractivity contribution in [3.8, 4) is 17.6 Å². The summed E-state index contributed by atoms with van der Waals surface area (Å²) in [5, 5.41) is 14.4. The van der Waals surface area contributed by atoms with Crippen LogP contribution in [0.2, 0.25) is 0 Å². The number of carbonyl (C=O) groups is 1. The number of pyridine rings is 1. The summed E-state index contributed by atoms with van der Waals surface area (Å²) in [6, 6.07) is 17.8. The molecular formula is C32H28F3N7O4. The minimum atomic E-state index is -4.84. The zero-order valence-electron chi connectivity index (χ0n) is 24.5. The first kappa shape index (κ1) is 30.4. The predicted molar refractivity (Wildman–Crippen MR) is 161 cm³/mol. The highest BCUT2D eigenvalue weighted by molar-refractivity contribution is 5.97. The van der Waals surface area contributed by atoms with Gasteiger partial charge < -0.3 is 24.2 Å². The Morgan fingerprint density at radius 2 is 1.65 bits per heavy atom. The van der Waals surface area contributed by atoms with Crippen molar-refractivity contribution in [3.63, 3.8) is 0 Å². The second-order valence-electron chi connectivity index (χ2n) is 10.7. The molecule has 0 aliphatic carbocycles. The molecule has 0 radical (unpaired) electrons. The number of piperazine rings is 1. The second kappa shape index (κ2) is 12.8. The SMILES string of the molecule is N#Cc1ccc(N2CCN(C(=O)c3ccccc3OCCOc3cccc4c3CN(c3cn[nH]c(=O)c3C(F)(F)F)C4)CC2)nc1. The second-order valence-corrected chi connectivity index (χ2v) is 10.7. The zero-order chi connectivity index (χ0) is 32.3. The average molecular weight is 632 g/mol. The third-order valence-electron chi connectivity index (χ3n) is 7.88. The number of carbonyl (C=O) groups excluding carboxylic acids is 1. The van der Waals surface area contributed by atoms with E-state index < -0.39 is 17.3 Å². The van der Waals surface area contributed by atoms with E-state index in [1.807, 2.05) is 5.10 Å². The van der Waals surface area contributed by atoms with Crippen molar-refractivity contribution in [2.24, 2.45) is 0 Å². The molecule has 11 nitrogen and oxygen atoms in total. The minimum absolute atomic E-state index is 0.104. The summed E-state index contributed by atoms with van der Waals surface area (Å²) in [6.45, 7) is 2.67. The maximum absolute atomic E-state index is 13.7. The first-order valence-electron chi connectivity index (χ1n) is 14.5. The van der Waals surface area contributed by atoms with Crippen LogP contribution in [-0.4, -0.2) is 65.4 Å². The van der Waals surface area contributed by atoms with Crippen LogP contribution >= 0.6 is 0 Å². The average Bonchev–Trinajstić information content (AvgIpc) is 3.51. The van der Waals surface area contributed by atoms with Crippen LogP contribution < -0.4 is 24.8 Å². The molecule has 2 aliphatic heterocycles. The van der Waals surface area contributed by atoms with Crippen LogP contribution in [0, 0.1) is 11.3 Å². The van der Waals surface area contributed by atoms with Crippen LogP contribution in [0.5, 0.6) is 11.5 Å². The summed E-state index contributed by atoms with van der Waals surface area (Å²) in [7, 11) is 0. The molecule has 0 bridgehead atoms. The molecule has 1 N–H and O–H groups in total. The Balaban J connectivity index is 1.05. The Bertz CT molecular complexity index is 1830. The molecule has 46 heavy (non-hydrogen) atoms. The van der Waals surface area contributed by atoms with Crippen molar-refractivity contribution in [1.82, 2.24) is 20.1 Å². The molecule has 0 saturated carbocycles. The highest BCUT2D eigenvalue weighted by atomic mass is 19.4. The van der Waals surface area contributed by atoms with Gasteiger partial charge >= 0.3 is 6.18 Å². The molecule has 0 spiro atoms. The largest absolute Gasteiger partial charge is 0.490 e. The highest BCUT2D eigenvalue weighted by Crippen LogP contribution is 2.39. The number of nitriles is 1. The van der Waals surface area contributed by atoms with E-state index in [2.05, 4.69) is 21.1 Å². The van der Waals surface area contributed by atoms with Gasteiger partial charge in [0.15, 0.2) is 0 Å². The lowest BCUT2D eigenvalue weighted by atomic mass is 10.1. The summed E-state index contributed by atoms with van der Waals surface area (Å²) in [5.74, 6) is 1.51. The van der Waals surface area contributed by atoms with Crippen molar-refractivity contribution >= 4 is 17.4 Å². The van der Waals surface area contributed by atoms with E-state index in [-0.39, 0.29) is 37.9 Å². The van der Waals surface area contributed by atoms with Gasteiger partial charge in [-0.3, -0.25) is 9.59 Å². The number of amides is 1. The molecule has 1 amide bonds. The number of H-pyrrole nitrogens is 1. The van der Waals surface area contributed by atoms with E-state index >= 15 is 0 Å². The van der Waals surface area contributed by atoms with Crippen LogP contribution in [0.1, 0.15) is 32.6 Å². The highest BCUT2D eigenvalue weighted by Gasteiger charge is 2.40. The van der Waals surface area contributed by atoms with E-state index in [9.17, 15) is 22.8 Å². The molecule has 2 aromatic heterocycles. The molecule has 4 heterocycles. The number of alkyl halides is 3. The summed E-state index contributed by atoms with van der Waals surface area (Å²) in [6.07, 6.45) is -2.30. The van der Waals surface area contributed by atoms with Crippen molar-refractivity contribution in [2.45, 2.75) is 19.3 Å². The van der Waals surface area contributed by atoms with Crippen LogP contribution in [0.4, 0.5) is 24.7 Å². The van der Waals surface area contributed by atoms with Gasteiger partial charge in [0, 0.05) is 51.0 Å². The van der Waals surface area contributed by atoms with Crippen molar-refractivity contribution in [2.75, 3.05) is 49.2 Å². The number of halogens is 3. The van der Waals surface area contributed by atoms with E-state index in [1.54, 1.807) is 59.5 Å². The van der Waals surface area contributed by atoms with Gasteiger partial charge in [0.25, 0.3) is 11.5 Å². The van der Waals surface area contributed by atoms with Crippen LogP contribution in [-0.2, 0) is 19.3 Å². The smallest absolute Gasteiger partial charge is 0.423 e. The number of nitrogens with zero attached hydrogens (tertiary/aromatic N) is 6. The molecule has 0 atom stereocenters. The number of anilines is 2. The quantitative estimate of drug-likeness (QED) is 0.287. The van der Waals surface area contributed by atoms with Crippen LogP contribution in [0.3, 0.4) is 0 Å². The first-order valence-corrected chi connectivity index (χ1v) is 14.5. The van der Waals surface area contributed by atoms with E-state index in [0.717, 1.165) is 17.6 Å². The third kappa shape index (κ3) is 6.30. The topological polar surface area (TPSA) is 128 Å². The molecule has 1 fully saturated rings. The number of ether oxygens (including phenoxy) is 2. The van der Waals surface area contributed by atoms with Crippen LogP contribution in [0.25, 0.3) is 0 Å². The van der Waals surface area contributed by atoms with Gasteiger partial charge in [-0.2, -0.15) is 23.5 Å². The van der Waals surface area contributed by atoms with Gasteiger partial charge in [-0.1, -0.05) is 24.3 Å². The van der Waals surface area contributed by atoms with Crippen molar-refractivity contribution in [1.29, 1.82) is 5.26 Å². The summed E-state index contributed by atoms with van der Waals surface area (Å²) in [4.78, 5) is 35.0. The summed E-state index contributed by atoms with van der Waals surface area (Å²) in [5.41, 5.74) is -0.479. The van der Waals surface area contributed by atoms with Crippen molar-refractivity contribution < 1.29 is 27.4 Å². The zero-order valence-corrected chi connectivity index (χ0v) is 24.5. The van der Waals surface area contributed by atoms with Gasteiger partial charge in [-0.15, -0.1) is 0 Å². The van der Waals surface area contributed by atoms with Gasteiger partial charge in [0.05, 0.1) is 23.0 Å². The van der Waals surface area contributed by atoms with E-state index in [0.29, 0.717) is 54.4 Å². The monoisotopic (exact) mass is 631 g/mol.